The van der Waals surface area contributed by atoms with E-state index in [1.54, 1.807) is 41.2 Å². The lowest BCUT2D eigenvalue weighted by Gasteiger charge is -2.39. The van der Waals surface area contributed by atoms with Crippen molar-refractivity contribution in [2.75, 3.05) is 25.1 Å². The number of piperazine rings is 1. The zero-order chi connectivity index (χ0) is 19.4. The molecular weight excluding hydrogens is 342 g/mol. The van der Waals surface area contributed by atoms with Gasteiger partial charge in [0, 0.05) is 23.8 Å². The zero-order valence-corrected chi connectivity index (χ0v) is 15.4. The smallest absolute Gasteiger partial charge is 0.246 e. The highest BCUT2D eigenvalue weighted by Gasteiger charge is 2.33. The third-order valence-corrected chi connectivity index (χ3v) is 4.75. The molecule has 138 valence electrons. The number of amides is 2. The van der Waals surface area contributed by atoms with Crippen LogP contribution in [0.3, 0.4) is 0 Å². The summed E-state index contributed by atoms with van der Waals surface area (Å²) in [6.45, 7) is 2.39. The summed E-state index contributed by atoms with van der Waals surface area (Å²) in [5, 5.41) is 8.90. The Bertz CT molecular complexity index is 886. The van der Waals surface area contributed by atoms with Crippen molar-refractivity contribution in [2.24, 2.45) is 0 Å². The highest BCUT2D eigenvalue weighted by Crippen LogP contribution is 2.23. The summed E-state index contributed by atoms with van der Waals surface area (Å²) in [5.41, 5.74) is 2.09. The zero-order valence-electron chi connectivity index (χ0n) is 15.4. The predicted octanol–water partition coefficient (Wildman–Crippen LogP) is 2.37. The van der Waals surface area contributed by atoms with Gasteiger partial charge in [-0.05, 0) is 37.3 Å². The number of nitriles is 1. The van der Waals surface area contributed by atoms with Crippen molar-refractivity contribution < 1.29 is 14.3 Å². The molecule has 3 rings (SSSR count). The van der Waals surface area contributed by atoms with E-state index in [-0.39, 0.29) is 30.8 Å². The van der Waals surface area contributed by atoms with Crippen LogP contribution < -0.4 is 9.64 Å². The minimum Gasteiger partial charge on any atom is -0.496 e. The minimum atomic E-state index is -0.133. The van der Waals surface area contributed by atoms with Crippen LogP contribution in [0.2, 0.25) is 0 Å². The first kappa shape index (κ1) is 18.5. The number of hydrogen-bond acceptors (Lipinski definition) is 4. The number of carbonyl (C=O) groups excluding carboxylic acids is 2. The van der Waals surface area contributed by atoms with Gasteiger partial charge in [-0.1, -0.05) is 18.2 Å². The summed E-state index contributed by atoms with van der Waals surface area (Å²) in [6.07, 6.45) is 0.193. The van der Waals surface area contributed by atoms with Crippen LogP contribution in [-0.2, 0) is 16.0 Å². The molecule has 0 bridgehead atoms. The summed E-state index contributed by atoms with van der Waals surface area (Å²) in [4.78, 5) is 28.7. The lowest BCUT2D eigenvalue weighted by molar-refractivity contribution is -0.138. The fraction of sp³-hybridized carbons (Fsp3) is 0.286. The Labute approximate surface area is 158 Å². The molecule has 1 aliphatic rings. The van der Waals surface area contributed by atoms with E-state index >= 15 is 0 Å². The Morgan fingerprint density at radius 2 is 1.93 bits per heavy atom. The lowest BCUT2D eigenvalue weighted by atomic mass is 10.1. The molecule has 1 aliphatic heterocycles. The van der Waals surface area contributed by atoms with Crippen LogP contribution in [0, 0.1) is 11.3 Å². The molecule has 6 heteroatoms. The number of anilines is 1. The second kappa shape index (κ2) is 7.92. The number of rotatable bonds is 4. The minimum absolute atomic E-state index is 0.0369. The molecule has 27 heavy (non-hydrogen) atoms. The summed E-state index contributed by atoms with van der Waals surface area (Å²) < 4.78 is 5.31. The highest BCUT2D eigenvalue weighted by molar-refractivity contribution is 5.98. The molecule has 1 fully saturated rings. The van der Waals surface area contributed by atoms with Crippen molar-refractivity contribution in [3.05, 3.63) is 59.7 Å². The molecule has 0 saturated carbocycles. The van der Waals surface area contributed by atoms with E-state index in [1.165, 1.54) is 0 Å². The number of carbonyl (C=O) groups is 2. The van der Waals surface area contributed by atoms with Crippen LogP contribution in [0.5, 0.6) is 5.75 Å². The Morgan fingerprint density at radius 1 is 1.22 bits per heavy atom. The van der Waals surface area contributed by atoms with Gasteiger partial charge < -0.3 is 14.5 Å². The first-order valence-electron chi connectivity index (χ1n) is 8.75. The first-order chi connectivity index (χ1) is 13.0. The number of methoxy groups -OCH3 is 1. The predicted molar refractivity (Wildman–Crippen MR) is 101 cm³/mol. The molecule has 2 aromatic rings. The van der Waals surface area contributed by atoms with Gasteiger partial charge in [0.15, 0.2) is 0 Å². The van der Waals surface area contributed by atoms with Crippen LogP contribution >= 0.6 is 0 Å². The average molecular weight is 363 g/mol. The Kier molecular flexibility index (Phi) is 5.41. The lowest BCUT2D eigenvalue weighted by Crippen LogP contribution is -2.57. The van der Waals surface area contributed by atoms with Gasteiger partial charge in [-0.3, -0.25) is 9.59 Å². The van der Waals surface area contributed by atoms with Crippen LogP contribution in [0.25, 0.3) is 0 Å². The van der Waals surface area contributed by atoms with Gasteiger partial charge in [0.25, 0.3) is 0 Å². The number of para-hydroxylation sites is 1. The molecule has 6 nitrogen and oxygen atoms in total. The quantitative estimate of drug-likeness (QED) is 0.836. The van der Waals surface area contributed by atoms with Gasteiger partial charge in [0.05, 0.1) is 25.2 Å². The van der Waals surface area contributed by atoms with Crippen molar-refractivity contribution >= 4 is 17.5 Å². The molecule has 1 unspecified atom stereocenters. The fourth-order valence-electron chi connectivity index (χ4n) is 3.26. The average Bonchev–Trinajstić information content (AvgIpc) is 2.70. The highest BCUT2D eigenvalue weighted by atomic mass is 16.5. The molecule has 0 aromatic heterocycles. The van der Waals surface area contributed by atoms with Gasteiger partial charge in [0.2, 0.25) is 11.8 Å². The standard InChI is InChI=1S/C21H21N3O3/c1-15-13-24(18-9-7-16(12-22)8-10-18)21(26)14-23(15)20(25)11-17-5-3-4-6-19(17)27-2/h3-10,15H,11,13-14H2,1-2H3. The van der Waals surface area contributed by atoms with E-state index < -0.39 is 0 Å². The van der Waals surface area contributed by atoms with Crippen LogP contribution in [-0.4, -0.2) is 43.0 Å². The first-order valence-corrected chi connectivity index (χ1v) is 8.75. The third kappa shape index (κ3) is 3.93. The fourth-order valence-corrected chi connectivity index (χ4v) is 3.26. The van der Waals surface area contributed by atoms with Gasteiger partial charge in [-0.25, -0.2) is 0 Å². The second-order valence-electron chi connectivity index (χ2n) is 6.52. The largest absolute Gasteiger partial charge is 0.496 e. The monoisotopic (exact) mass is 363 g/mol. The molecule has 0 N–H and O–H groups in total. The van der Waals surface area contributed by atoms with Crippen molar-refractivity contribution in [3.63, 3.8) is 0 Å². The molecule has 2 amide bonds. The number of nitrogens with zero attached hydrogens (tertiary/aromatic N) is 3. The maximum atomic E-state index is 12.8. The van der Waals surface area contributed by atoms with E-state index in [9.17, 15) is 9.59 Å². The molecule has 0 aliphatic carbocycles. The maximum absolute atomic E-state index is 12.8. The van der Waals surface area contributed by atoms with E-state index in [1.807, 2.05) is 31.2 Å². The molecule has 1 atom stereocenters. The van der Waals surface area contributed by atoms with Crippen LogP contribution in [0.4, 0.5) is 5.69 Å². The summed E-state index contributed by atoms with van der Waals surface area (Å²) in [5.74, 6) is 0.437. The van der Waals surface area contributed by atoms with Crippen molar-refractivity contribution in [1.29, 1.82) is 5.26 Å². The molecule has 0 radical (unpaired) electrons. The topological polar surface area (TPSA) is 73.6 Å². The van der Waals surface area contributed by atoms with Crippen LogP contribution in [0.1, 0.15) is 18.1 Å². The SMILES string of the molecule is COc1ccccc1CC(=O)N1CC(=O)N(c2ccc(C#N)cc2)CC1C. The van der Waals surface area contributed by atoms with E-state index in [4.69, 9.17) is 10.00 Å². The molecule has 1 saturated heterocycles. The van der Waals surface area contributed by atoms with E-state index in [0.29, 0.717) is 17.9 Å². The third-order valence-electron chi connectivity index (χ3n) is 4.75. The van der Waals surface area contributed by atoms with Gasteiger partial charge in [-0.15, -0.1) is 0 Å². The van der Waals surface area contributed by atoms with Crippen molar-refractivity contribution in [2.45, 2.75) is 19.4 Å². The Morgan fingerprint density at radius 3 is 2.59 bits per heavy atom. The number of ether oxygens (including phenoxy) is 1. The van der Waals surface area contributed by atoms with Crippen LogP contribution in [0.15, 0.2) is 48.5 Å². The normalized spacial score (nSPS) is 16.8. The number of hydrogen-bond donors (Lipinski definition) is 0. The van der Waals surface area contributed by atoms with E-state index in [0.717, 1.165) is 11.3 Å². The number of benzene rings is 2. The molecule has 2 aromatic carbocycles. The van der Waals surface area contributed by atoms with Gasteiger partial charge >= 0.3 is 0 Å². The molecular formula is C21H21N3O3. The summed E-state index contributed by atoms with van der Waals surface area (Å²) >= 11 is 0. The van der Waals surface area contributed by atoms with Gasteiger partial charge in [0.1, 0.15) is 12.3 Å². The molecule has 0 spiro atoms. The Balaban J connectivity index is 1.71. The maximum Gasteiger partial charge on any atom is 0.246 e. The Hall–Kier alpha value is -3.33. The summed E-state index contributed by atoms with van der Waals surface area (Å²) in [6, 6.07) is 16.2. The van der Waals surface area contributed by atoms with Crippen molar-refractivity contribution in [3.8, 4) is 11.8 Å². The van der Waals surface area contributed by atoms with Gasteiger partial charge in [-0.2, -0.15) is 5.26 Å². The van der Waals surface area contributed by atoms with E-state index in [2.05, 4.69) is 6.07 Å². The molecule has 1 heterocycles. The second-order valence-corrected chi connectivity index (χ2v) is 6.52. The van der Waals surface area contributed by atoms with Crippen molar-refractivity contribution in [1.82, 2.24) is 4.90 Å². The summed E-state index contributed by atoms with van der Waals surface area (Å²) in [7, 11) is 1.58.